The highest BCUT2D eigenvalue weighted by Gasteiger charge is 2.52. The minimum atomic E-state index is -0.597. The van der Waals surface area contributed by atoms with E-state index >= 15 is 0 Å². The van der Waals surface area contributed by atoms with E-state index in [1.165, 1.54) is 32.1 Å². The zero-order valence-electron chi connectivity index (χ0n) is 15.5. The van der Waals surface area contributed by atoms with Crippen molar-refractivity contribution < 1.29 is 9.59 Å². The molecule has 2 saturated heterocycles. The molecule has 0 radical (unpaired) electrons. The highest BCUT2D eigenvalue weighted by Crippen LogP contribution is 2.34. The summed E-state index contributed by atoms with van der Waals surface area (Å²) in [5.41, 5.74) is -0.597. The Morgan fingerprint density at radius 3 is 2.44 bits per heavy atom. The Labute approximate surface area is 158 Å². The second-order valence-corrected chi connectivity index (χ2v) is 7.89. The van der Waals surface area contributed by atoms with E-state index in [4.69, 9.17) is 0 Å². The summed E-state index contributed by atoms with van der Waals surface area (Å²) in [7, 11) is 0. The lowest BCUT2D eigenvalue weighted by molar-refractivity contribution is -0.160. The number of nitrogens with zero attached hydrogens (tertiary/aromatic N) is 1. The minimum absolute atomic E-state index is 0. The number of carbonyl (C=O) groups is 2. The minimum Gasteiger partial charge on any atom is -0.342 e. The van der Waals surface area contributed by atoms with Crippen LogP contribution in [0.2, 0.25) is 0 Å². The van der Waals surface area contributed by atoms with E-state index in [0.717, 1.165) is 51.7 Å². The van der Waals surface area contributed by atoms with Gasteiger partial charge in [-0.3, -0.25) is 9.59 Å². The topological polar surface area (TPSA) is 61.4 Å². The molecule has 0 aromatic heterocycles. The number of piperazine rings is 1. The van der Waals surface area contributed by atoms with E-state index in [2.05, 4.69) is 17.6 Å². The molecule has 25 heavy (non-hydrogen) atoms. The van der Waals surface area contributed by atoms with Crippen molar-refractivity contribution in [2.45, 2.75) is 82.7 Å². The number of nitrogens with one attached hydrogen (secondary N) is 2. The molecule has 1 aliphatic carbocycles. The Morgan fingerprint density at radius 1 is 1.12 bits per heavy atom. The molecule has 2 aliphatic heterocycles. The van der Waals surface area contributed by atoms with Crippen LogP contribution in [-0.2, 0) is 9.59 Å². The van der Waals surface area contributed by atoms with Gasteiger partial charge in [0.2, 0.25) is 11.8 Å². The first kappa shape index (κ1) is 20.5. The van der Waals surface area contributed by atoms with Crippen LogP contribution in [0, 0.1) is 5.92 Å². The van der Waals surface area contributed by atoms with Crippen molar-refractivity contribution in [1.82, 2.24) is 15.5 Å². The fraction of sp³-hybridized carbons (Fsp3) is 0.895. The summed E-state index contributed by atoms with van der Waals surface area (Å²) < 4.78 is 0. The summed E-state index contributed by atoms with van der Waals surface area (Å²) in [6.07, 6.45) is 10.6. The highest BCUT2D eigenvalue weighted by atomic mass is 35.5. The van der Waals surface area contributed by atoms with Gasteiger partial charge in [0.25, 0.3) is 0 Å². The van der Waals surface area contributed by atoms with Gasteiger partial charge in [0.05, 0.1) is 0 Å². The van der Waals surface area contributed by atoms with Gasteiger partial charge in [-0.25, -0.2) is 0 Å². The van der Waals surface area contributed by atoms with Crippen LogP contribution in [0.1, 0.15) is 71.1 Å². The Kier molecular flexibility index (Phi) is 7.56. The summed E-state index contributed by atoms with van der Waals surface area (Å²) >= 11 is 0. The fourth-order valence-electron chi connectivity index (χ4n) is 4.77. The number of carbonyl (C=O) groups excluding carboxylic acids is 2. The van der Waals surface area contributed by atoms with E-state index in [0.29, 0.717) is 5.92 Å². The molecule has 0 unspecified atom stereocenters. The van der Waals surface area contributed by atoms with Crippen molar-refractivity contribution in [3.8, 4) is 0 Å². The summed E-state index contributed by atoms with van der Waals surface area (Å²) in [6.45, 7) is 4.50. The van der Waals surface area contributed by atoms with E-state index in [9.17, 15) is 9.59 Å². The molecule has 5 nitrogen and oxygen atoms in total. The summed E-state index contributed by atoms with van der Waals surface area (Å²) in [5.74, 6) is 0.874. The highest BCUT2D eigenvalue weighted by molar-refractivity contribution is 6.00. The zero-order valence-corrected chi connectivity index (χ0v) is 16.3. The normalized spacial score (nSPS) is 27.1. The molecule has 0 bridgehead atoms. The molecule has 2 heterocycles. The Hall–Kier alpha value is -0.810. The van der Waals surface area contributed by atoms with Gasteiger partial charge >= 0.3 is 0 Å². The van der Waals surface area contributed by atoms with Crippen molar-refractivity contribution in [3.05, 3.63) is 0 Å². The number of hydrogen-bond acceptors (Lipinski definition) is 3. The molecule has 0 aromatic rings. The largest absolute Gasteiger partial charge is 0.342 e. The van der Waals surface area contributed by atoms with Crippen LogP contribution in [0.3, 0.4) is 0 Å². The maximum Gasteiger partial charge on any atom is 0.246 e. The Bertz CT molecular complexity index is 460. The van der Waals surface area contributed by atoms with E-state index in [-0.39, 0.29) is 30.3 Å². The van der Waals surface area contributed by atoms with Crippen molar-refractivity contribution in [1.29, 1.82) is 0 Å². The van der Waals surface area contributed by atoms with Gasteiger partial charge in [-0.1, -0.05) is 45.4 Å². The number of rotatable bonds is 5. The molecular formula is C19H34ClN3O2. The molecule has 1 atom stereocenters. The zero-order chi connectivity index (χ0) is 17.0. The molecule has 6 heteroatoms. The van der Waals surface area contributed by atoms with E-state index in [1.807, 2.05) is 4.90 Å². The van der Waals surface area contributed by atoms with E-state index in [1.54, 1.807) is 0 Å². The van der Waals surface area contributed by atoms with Crippen LogP contribution >= 0.6 is 12.4 Å². The standard InChI is InChI=1S/C19H33N3O2.ClH/c1-2-3-13-22-17(23)16(14-15-7-5-4-6-8-15)21-18(24)19(22)9-11-20-12-10-19;/h15-16,20H,2-14H2,1H3,(H,21,24);1H/t16-;/m0./s1. The third-order valence-electron chi connectivity index (χ3n) is 6.27. The van der Waals surface area contributed by atoms with Crippen LogP contribution in [0.4, 0.5) is 0 Å². The van der Waals surface area contributed by atoms with Gasteiger partial charge in [0.15, 0.2) is 0 Å². The lowest BCUT2D eigenvalue weighted by Gasteiger charge is -2.50. The van der Waals surface area contributed by atoms with Crippen molar-refractivity contribution >= 4 is 24.2 Å². The fourth-order valence-corrected chi connectivity index (χ4v) is 4.77. The first-order valence-corrected chi connectivity index (χ1v) is 10.0. The first-order chi connectivity index (χ1) is 11.7. The number of unbranched alkanes of at least 4 members (excludes halogenated alkanes) is 1. The molecule has 2 amide bonds. The third kappa shape index (κ3) is 4.30. The monoisotopic (exact) mass is 371 g/mol. The molecular weight excluding hydrogens is 338 g/mol. The first-order valence-electron chi connectivity index (χ1n) is 10.0. The third-order valence-corrected chi connectivity index (χ3v) is 6.27. The van der Waals surface area contributed by atoms with Crippen molar-refractivity contribution in [3.63, 3.8) is 0 Å². The van der Waals surface area contributed by atoms with Gasteiger partial charge in [-0.05, 0) is 44.7 Å². The number of amides is 2. The number of piperidine rings is 1. The smallest absolute Gasteiger partial charge is 0.246 e. The van der Waals surface area contributed by atoms with Crippen LogP contribution < -0.4 is 10.6 Å². The second kappa shape index (κ2) is 9.22. The van der Waals surface area contributed by atoms with Gasteiger partial charge in [-0.2, -0.15) is 0 Å². The lowest BCUT2D eigenvalue weighted by atomic mass is 9.79. The Morgan fingerprint density at radius 2 is 1.80 bits per heavy atom. The van der Waals surface area contributed by atoms with Gasteiger partial charge in [-0.15, -0.1) is 12.4 Å². The number of hydrogen-bond donors (Lipinski definition) is 2. The quantitative estimate of drug-likeness (QED) is 0.780. The molecule has 1 saturated carbocycles. The maximum atomic E-state index is 13.2. The SMILES string of the molecule is CCCCN1C(=O)[C@H](CC2CCCCC2)NC(=O)C12CCNCC2.Cl. The van der Waals surface area contributed by atoms with Crippen LogP contribution in [0.5, 0.6) is 0 Å². The molecule has 3 aliphatic rings. The predicted molar refractivity (Wildman–Crippen MR) is 102 cm³/mol. The van der Waals surface area contributed by atoms with Crippen molar-refractivity contribution in [2.75, 3.05) is 19.6 Å². The van der Waals surface area contributed by atoms with Crippen LogP contribution in [0.25, 0.3) is 0 Å². The van der Waals surface area contributed by atoms with Crippen LogP contribution in [-0.4, -0.2) is 47.9 Å². The average molecular weight is 372 g/mol. The summed E-state index contributed by atoms with van der Waals surface area (Å²) in [5, 5.41) is 6.45. The molecule has 1 spiro atoms. The van der Waals surface area contributed by atoms with Gasteiger partial charge in [0.1, 0.15) is 11.6 Å². The molecule has 0 aromatic carbocycles. The van der Waals surface area contributed by atoms with Gasteiger partial charge < -0.3 is 15.5 Å². The maximum absolute atomic E-state index is 13.2. The Balaban J connectivity index is 0.00000225. The second-order valence-electron chi connectivity index (χ2n) is 7.89. The van der Waals surface area contributed by atoms with Gasteiger partial charge in [0, 0.05) is 6.54 Å². The summed E-state index contributed by atoms with van der Waals surface area (Å²) in [4.78, 5) is 28.2. The molecule has 144 valence electrons. The molecule has 3 rings (SSSR count). The molecule has 3 fully saturated rings. The average Bonchev–Trinajstić information content (AvgIpc) is 2.62. The summed E-state index contributed by atoms with van der Waals surface area (Å²) in [6, 6.07) is -0.294. The lowest BCUT2D eigenvalue weighted by Crippen LogP contribution is -2.72. The van der Waals surface area contributed by atoms with E-state index < -0.39 is 5.54 Å². The number of halogens is 1. The van der Waals surface area contributed by atoms with Crippen LogP contribution in [0.15, 0.2) is 0 Å². The molecule has 2 N–H and O–H groups in total. The van der Waals surface area contributed by atoms with Crippen molar-refractivity contribution in [2.24, 2.45) is 5.92 Å². The predicted octanol–water partition coefficient (Wildman–Crippen LogP) is 2.63.